The zero-order valence-corrected chi connectivity index (χ0v) is 11.7. The van der Waals surface area contributed by atoms with E-state index in [0.29, 0.717) is 5.92 Å². The summed E-state index contributed by atoms with van der Waals surface area (Å²) in [6, 6.07) is 15.7. The molecule has 1 N–H and O–H groups in total. The number of carbonyl (C=O) groups is 1. The summed E-state index contributed by atoms with van der Waals surface area (Å²) in [5.74, 6) is 0.564. The zero-order chi connectivity index (χ0) is 13.9. The second-order valence-electron chi connectivity index (χ2n) is 5.46. The number of carbonyl (C=O) groups excluding carboxylic acids is 1. The lowest BCUT2D eigenvalue weighted by atomic mass is 9.91. The van der Waals surface area contributed by atoms with Gasteiger partial charge in [0, 0.05) is 17.7 Å². The number of benzene rings is 2. The summed E-state index contributed by atoms with van der Waals surface area (Å²) in [5.41, 5.74) is 4.24. The molecule has 1 unspecified atom stereocenters. The summed E-state index contributed by atoms with van der Waals surface area (Å²) < 4.78 is 0. The van der Waals surface area contributed by atoms with Gasteiger partial charge >= 0.3 is 0 Å². The molecule has 0 aromatic heterocycles. The molecule has 2 aromatic rings. The van der Waals surface area contributed by atoms with Gasteiger partial charge in [0.15, 0.2) is 5.78 Å². The Morgan fingerprint density at radius 3 is 2.70 bits per heavy atom. The van der Waals surface area contributed by atoms with Crippen molar-refractivity contribution in [1.29, 1.82) is 0 Å². The zero-order valence-electron chi connectivity index (χ0n) is 11.7. The topological polar surface area (TPSA) is 29.1 Å². The van der Waals surface area contributed by atoms with E-state index in [4.69, 9.17) is 0 Å². The van der Waals surface area contributed by atoms with Crippen LogP contribution in [0.15, 0.2) is 48.5 Å². The van der Waals surface area contributed by atoms with Crippen molar-refractivity contribution in [3.63, 3.8) is 0 Å². The van der Waals surface area contributed by atoms with E-state index >= 15 is 0 Å². The minimum atomic E-state index is 0.109. The van der Waals surface area contributed by atoms with E-state index in [0.717, 1.165) is 30.6 Å². The Morgan fingerprint density at radius 1 is 1.10 bits per heavy atom. The van der Waals surface area contributed by atoms with Crippen molar-refractivity contribution in [3.8, 4) is 0 Å². The summed E-state index contributed by atoms with van der Waals surface area (Å²) >= 11 is 0. The van der Waals surface area contributed by atoms with Crippen molar-refractivity contribution in [2.75, 3.05) is 13.1 Å². The van der Waals surface area contributed by atoms with E-state index in [2.05, 4.69) is 24.4 Å². The average Bonchev–Trinajstić information content (AvgIpc) is 2.69. The molecule has 1 atom stereocenters. The SMILES string of the molecule is CC1CNCCc2ccc(C(=O)c3ccccc3)cc21. The van der Waals surface area contributed by atoms with Crippen LogP contribution in [-0.4, -0.2) is 18.9 Å². The standard InChI is InChI=1S/C18H19NO/c1-13-12-19-10-9-14-7-8-16(11-17(13)14)18(20)15-5-3-2-4-6-15/h2-8,11,13,19H,9-10,12H2,1H3. The summed E-state index contributed by atoms with van der Waals surface area (Å²) in [6.07, 6.45) is 1.04. The highest BCUT2D eigenvalue weighted by molar-refractivity contribution is 6.09. The van der Waals surface area contributed by atoms with Gasteiger partial charge in [-0.1, -0.05) is 49.4 Å². The van der Waals surface area contributed by atoms with Crippen LogP contribution in [0.2, 0.25) is 0 Å². The molecule has 2 heteroatoms. The molecule has 1 aliphatic rings. The van der Waals surface area contributed by atoms with E-state index in [1.165, 1.54) is 11.1 Å². The summed E-state index contributed by atoms with van der Waals surface area (Å²) in [7, 11) is 0. The number of fused-ring (bicyclic) bond motifs is 1. The fraction of sp³-hybridized carbons (Fsp3) is 0.278. The maximum atomic E-state index is 12.5. The molecule has 20 heavy (non-hydrogen) atoms. The van der Waals surface area contributed by atoms with Crippen LogP contribution < -0.4 is 5.32 Å². The second-order valence-corrected chi connectivity index (χ2v) is 5.46. The maximum Gasteiger partial charge on any atom is 0.193 e. The van der Waals surface area contributed by atoms with Gasteiger partial charge in [-0.2, -0.15) is 0 Å². The van der Waals surface area contributed by atoms with Gasteiger partial charge in [0.2, 0.25) is 0 Å². The molecule has 0 spiro atoms. The third kappa shape index (κ3) is 2.52. The van der Waals surface area contributed by atoms with Gasteiger partial charge in [0.05, 0.1) is 0 Å². The molecule has 3 rings (SSSR count). The van der Waals surface area contributed by atoms with Gasteiger partial charge in [0.25, 0.3) is 0 Å². The van der Waals surface area contributed by atoms with E-state index < -0.39 is 0 Å². The Labute approximate surface area is 119 Å². The van der Waals surface area contributed by atoms with Gasteiger partial charge in [-0.05, 0) is 36.1 Å². The fourth-order valence-corrected chi connectivity index (χ4v) is 2.83. The van der Waals surface area contributed by atoms with E-state index in [1.54, 1.807) is 0 Å². The highest BCUT2D eigenvalue weighted by Gasteiger charge is 2.17. The molecule has 0 fully saturated rings. The molecule has 102 valence electrons. The van der Waals surface area contributed by atoms with Crippen LogP contribution in [0.1, 0.15) is 39.9 Å². The van der Waals surface area contributed by atoms with E-state index in [-0.39, 0.29) is 5.78 Å². The van der Waals surface area contributed by atoms with Crippen LogP contribution in [-0.2, 0) is 6.42 Å². The van der Waals surface area contributed by atoms with Crippen LogP contribution >= 0.6 is 0 Å². The summed E-state index contributed by atoms with van der Waals surface area (Å²) in [6.45, 7) is 4.22. The first-order chi connectivity index (χ1) is 9.75. The van der Waals surface area contributed by atoms with Crippen LogP contribution in [0.4, 0.5) is 0 Å². The molecule has 0 amide bonds. The molecule has 2 aromatic carbocycles. The second kappa shape index (κ2) is 5.59. The Morgan fingerprint density at radius 2 is 1.90 bits per heavy atom. The van der Waals surface area contributed by atoms with Crippen molar-refractivity contribution < 1.29 is 4.79 Å². The third-order valence-corrected chi connectivity index (χ3v) is 4.00. The largest absolute Gasteiger partial charge is 0.316 e. The van der Waals surface area contributed by atoms with Gasteiger partial charge in [0.1, 0.15) is 0 Å². The van der Waals surface area contributed by atoms with Crippen molar-refractivity contribution in [2.24, 2.45) is 0 Å². The predicted octanol–water partition coefficient (Wildman–Crippen LogP) is 3.17. The van der Waals surface area contributed by atoms with Crippen molar-refractivity contribution in [2.45, 2.75) is 19.3 Å². The number of rotatable bonds is 2. The molecule has 1 aliphatic heterocycles. The highest BCUT2D eigenvalue weighted by Crippen LogP contribution is 2.24. The fourth-order valence-electron chi connectivity index (χ4n) is 2.83. The number of hydrogen-bond acceptors (Lipinski definition) is 2. The van der Waals surface area contributed by atoms with E-state index in [1.807, 2.05) is 36.4 Å². The Kier molecular flexibility index (Phi) is 3.66. The molecule has 0 bridgehead atoms. The minimum Gasteiger partial charge on any atom is -0.316 e. The van der Waals surface area contributed by atoms with Crippen molar-refractivity contribution in [3.05, 3.63) is 70.8 Å². The molecule has 0 saturated heterocycles. The number of hydrogen-bond donors (Lipinski definition) is 1. The lowest BCUT2D eigenvalue weighted by Crippen LogP contribution is -2.18. The molecule has 0 aliphatic carbocycles. The molecule has 0 radical (unpaired) electrons. The van der Waals surface area contributed by atoms with Gasteiger partial charge in [-0.3, -0.25) is 4.79 Å². The van der Waals surface area contributed by atoms with Crippen LogP contribution in [0, 0.1) is 0 Å². The maximum absolute atomic E-state index is 12.5. The Bertz CT molecular complexity index is 619. The van der Waals surface area contributed by atoms with E-state index in [9.17, 15) is 4.79 Å². The Balaban J connectivity index is 1.98. The minimum absolute atomic E-state index is 0.109. The third-order valence-electron chi connectivity index (χ3n) is 4.00. The first kappa shape index (κ1) is 13.1. The highest BCUT2D eigenvalue weighted by atomic mass is 16.1. The van der Waals surface area contributed by atoms with Crippen LogP contribution in [0.3, 0.4) is 0 Å². The lowest BCUT2D eigenvalue weighted by Gasteiger charge is -2.13. The van der Waals surface area contributed by atoms with Gasteiger partial charge in [-0.25, -0.2) is 0 Å². The predicted molar refractivity (Wildman–Crippen MR) is 81.3 cm³/mol. The molecule has 1 heterocycles. The molecular weight excluding hydrogens is 246 g/mol. The van der Waals surface area contributed by atoms with Gasteiger partial charge in [-0.15, -0.1) is 0 Å². The molecular formula is C18H19NO. The first-order valence-corrected chi connectivity index (χ1v) is 7.19. The average molecular weight is 265 g/mol. The van der Waals surface area contributed by atoms with Crippen molar-refractivity contribution >= 4 is 5.78 Å². The van der Waals surface area contributed by atoms with Gasteiger partial charge < -0.3 is 5.32 Å². The lowest BCUT2D eigenvalue weighted by molar-refractivity contribution is 0.103. The normalized spacial score (nSPS) is 18.1. The molecule has 0 saturated carbocycles. The first-order valence-electron chi connectivity index (χ1n) is 7.19. The number of ketones is 1. The van der Waals surface area contributed by atoms with Crippen LogP contribution in [0.5, 0.6) is 0 Å². The molecule has 2 nitrogen and oxygen atoms in total. The number of nitrogens with one attached hydrogen (secondary N) is 1. The summed E-state index contributed by atoms with van der Waals surface area (Å²) in [5, 5.41) is 3.44. The summed E-state index contributed by atoms with van der Waals surface area (Å²) in [4.78, 5) is 12.5. The van der Waals surface area contributed by atoms with Crippen molar-refractivity contribution in [1.82, 2.24) is 5.32 Å². The Hall–Kier alpha value is -1.93. The smallest absolute Gasteiger partial charge is 0.193 e. The monoisotopic (exact) mass is 265 g/mol. The van der Waals surface area contributed by atoms with Crippen LogP contribution in [0.25, 0.3) is 0 Å². The quantitative estimate of drug-likeness (QED) is 0.845.